The zero-order chi connectivity index (χ0) is 14.8. The molecule has 0 amide bonds. The van der Waals surface area contributed by atoms with Crippen LogP contribution in [-0.4, -0.2) is 33.5 Å². The second-order valence-corrected chi connectivity index (χ2v) is 6.34. The van der Waals surface area contributed by atoms with Gasteiger partial charge in [0, 0.05) is 23.8 Å². The van der Waals surface area contributed by atoms with E-state index in [1.54, 1.807) is 17.5 Å². The Labute approximate surface area is 128 Å². The largest absolute Gasteiger partial charge is 0.480 e. The molecule has 1 aliphatic rings. The van der Waals surface area contributed by atoms with E-state index in [9.17, 15) is 9.90 Å². The molecule has 2 unspecified atom stereocenters. The highest BCUT2D eigenvalue weighted by Gasteiger charge is 2.37. The van der Waals surface area contributed by atoms with Crippen LogP contribution >= 0.6 is 11.3 Å². The first-order valence-electron chi connectivity index (χ1n) is 7.11. The van der Waals surface area contributed by atoms with Gasteiger partial charge >= 0.3 is 5.97 Å². The van der Waals surface area contributed by atoms with Gasteiger partial charge in [-0.1, -0.05) is 6.07 Å². The monoisotopic (exact) mass is 302 g/mol. The molecule has 21 heavy (non-hydrogen) atoms. The molecule has 1 saturated heterocycles. The molecule has 3 heterocycles. The lowest BCUT2D eigenvalue weighted by atomic mass is 10.0. The average Bonchev–Trinajstić information content (AvgIpc) is 3.11. The average molecular weight is 302 g/mol. The quantitative estimate of drug-likeness (QED) is 0.943. The Morgan fingerprint density at radius 2 is 2.38 bits per heavy atom. The van der Waals surface area contributed by atoms with Crippen molar-refractivity contribution in [3.05, 3.63) is 52.0 Å². The number of carboxylic acids is 1. The molecule has 3 rings (SSSR count). The summed E-state index contributed by atoms with van der Waals surface area (Å²) in [5, 5.41) is 11.6. The lowest BCUT2D eigenvalue weighted by Crippen LogP contribution is -2.39. The summed E-state index contributed by atoms with van der Waals surface area (Å²) in [7, 11) is 0. The van der Waals surface area contributed by atoms with Crippen molar-refractivity contribution < 1.29 is 9.90 Å². The van der Waals surface area contributed by atoms with Crippen LogP contribution in [0.2, 0.25) is 0 Å². The minimum absolute atomic E-state index is 0.0118. The third-order valence-corrected chi connectivity index (χ3v) is 5.13. The lowest BCUT2D eigenvalue weighted by molar-refractivity contribution is -0.142. The molecule has 2 aromatic heterocycles. The van der Waals surface area contributed by atoms with Gasteiger partial charge in [-0.05, 0) is 48.4 Å². The van der Waals surface area contributed by atoms with Gasteiger partial charge in [0.25, 0.3) is 0 Å². The minimum Gasteiger partial charge on any atom is -0.480 e. The molecular formula is C16H18N2O2S. The topological polar surface area (TPSA) is 53.4 Å². The summed E-state index contributed by atoms with van der Waals surface area (Å²) >= 11 is 1.69. The Hall–Kier alpha value is -1.72. The second-order valence-electron chi connectivity index (χ2n) is 5.39. The molecule has 1 N–H and O–H groups in total. The fourth-order valence-electron chi connectivity index (χ4n) is 3.06. The predicted octanol–water partition coefficient (Wildman–Crippen LogP) is 3.09. The number of likely N-dealkylation sites (tertiary alicyclic amines) is 1. The van der Waals surface area contributed by atoms with Gasteiger partial charge in [-0.2, -0.15) is 0 Å². The van der Waals surface area contributed by atoms with Crippen LogP contribution in [0.3, 0.4) is 0 Å². The fourth-order valence-corrected chi connectivity index (χ4v) is 4.13. The molecule has 4 nitrogen and oxygen atoms in total. The Balaban J connectivity index is 2.05. The number of carboxylic acid groups (broad SMARTS) is 1. The summed E-state index contributed by atoms with van der Waals surface area (Å²) in [6.07, 6.45) is 5.25. The molecule has 0 aromatic carbocycles. The number of rotatable bonds is 4. The van der Waals surface area contributed by atoms with Crippen LogP contribution in [0.25, 0.3) is 0 Å². The standard InChI is InChI=1S/C16H18N2O2S/c1-11-6-9-21-15(11)14(12-4-2-7-17-10-12)18-8-3-5-13(18)16(19)20/h2,4,6-7,9-10,13-14H,3,5,8H2,1H3,(H,19,20). The first kappa shape index (κ1) is 14.2. The highest BCUT2D eigenvalue weighted by molar-refractivity contribution is 7.10. The third kappa shape index (κ3) is 2.71. The molecule has 5 heteroatoms. The zero-order valence-corrected chi connectivity index (χ0v) is 12.7. The number of pyridine rings is 1. The van der Waals surface area contributed by atoms with Crippen molar-refractivity contribution in [2.24, 2.45) is 0 Å². The van der Waals surface area contributed by atoms with E-state index in [1.165, 1.54) is 10.4 Å². The molecule has 0 bridgehead atoms. The number of aryl methyl sites for hydroxylation is 1. The summed E-state index contributed by atoms with van der Waals surface area (Å²) < 4.78 is 0. The van der Waals surface area contributed by atoms with E-state index in [-0.39, 0.29) is 6.04 Å². The molecule has 110 valence electrons. The Morgan fingerprint density at radius 3 is 3.00 bits per heavy atom. The Morgan fingerprint density at radius 1 is 1.52 bits per heavy atom. The van der Waals surface area contributed by atoms with Gasteiger partial charge < -0.3 is 5.11 Å². The summed E-state index contributed by atoms with van der Waals surface area (Å²) in [6, 6.07) is 5.62. The predicted molar refractivity (Wildman–Crippen MR) is 82.5 cm³/mol. The van der Waals surface area contributed by atoms with Crippen molar-refractivity contribution in [3.63, 3.8) is 0 Å². The number of aromatic nitrogens is 1. The Bertz CT molecular complexity index is 626. The molecule has 0 radical (unpaired) electrons. The normalized spacial score (nSPS) is 20.5. The van der Waals surface area contributed by atoms with Crippen molar-refractivity contribution >= 4 is 17.3 Å². The van der Waals surface area contributed by atoms with Gasteiger partial charge in [0.1, 0.15) is 6.04 Å². The fraction of sp³-hybridized carbons (Fsp3) is 0.375. The maximum atomic E-state index is 11.5. The molecule has 2 atom stereocenters. The van der Waals surface area contributed by atoms with Crippen LogP contribution in [0, 0.1) is 6.92 Å². The summed E-state index contributed by atoms with van der Waals surface area (Å²) in [5.41, 5.74) is 2.28. The number of carbonyl (C=O) groups is 1. The summed E-state index contributed by atoms with van der Waals surface area (Å²) in [4.78, 5) is 19.1. The van der Waals surface area contributed by atoms with E-state index in [4.69, 9.17) is 0 Å². The lowest BCUT2D eigenvalue weighted by Gasteiger charge is -2.31. The van der Waals surface area contributed by atoms with Crippen molar-refractivity contribution in [2.45, 2.75) is 31.8 Å². The van der Waals surface area contributed by atoms with Gasteiger partial charge in [-0.15, -0.1) is 11.3 Å². The van der Waals surface area contributed by atoms with Crippen molar-refractivity contribution in [1.29, 1.82) is 0 Å². The van der Waals surface area contributed by atoms with Crippen LogP contribution in [-0.2, 0) is 4.79 Å². The number of hydrogen-bond donors (Lipinski definition) is 1. The van der Waals surface area contributed by atoms with Crippen LogP contribution in [0.1, 0.15) is 34.9 Å². The SMILES string of the molecule is Cc1ccsc1C(c1cccnc1)N1CCCC1C(=O)O. The minimum atomic E-state index is -0.726. The summed E-state index contributed by atoms with van der Waals surface area (Å²) in [6.45, 7) is 2.90. The number of thiophene rings is 1. The van der Waals surface area contributed by atoms with Crippen LogP contribution in [0.4, 0.5) is 0 Å². The molecular weight excluding hydrogens is 284 g/mol. The Kier molecular flexibility index (Phi) is 4.03. The zero-order valence-electron chi connectivity index (χ0n) is 11.9. The highest BCUT2D eigenvalue weighted by Crippen LogP contribution is 2.38. The van der Waals surface area contributed by atoms with Gasteiger partial charge in [-0.25, -0.2) is 0 Å². The second kappa shape index (κ2) is 5.95. The molecule has 1 aliphatic heterocycles. The number of aliphatic carboxylic acids is 1. The van der Waals surface area contributed by atoms with E-state index in [1.807, 2.05) is 18.3 Å². The van der Waals surface area contributed by atoms with Gasteiger partial charge in [0.2, 0.25) is 0 Å². The van der Waals surface area contributed by atoms with Crippen LogP contribution in [0.5, 0.6) is 0 Å². The summed E-state index contributed by atoms with van der Waals surface area (Å²) in [5.74, 6) is -0.726. The first-order chi connectivity index (χ1) is 10.2. The van der Waals surface area contributed by atoms with E-state index >= 15 is 0 Å². The number of nitrogens with zero attached hydrogens (tertiary/aromatic N) is 2. The van der Waals surface area contributed by atoms with Gasteiger partial charge in [0.15, 0.2) is 0 Å². The van der Waals surface area contributed by atoms with Crippen molar-refractivity contribution in [3.8, 4) is 0 Å². The molecule has 0 spiro atoms. The molecule has 0 aliphatic carbocycles. The van der Waals surface area contributed by atoms with E-state index in [0.29, 0.717) is 0 Å². The maximum Gasteiger partial charge on any atom is 0.320 e. The van der Waals surface area contributed by atoms with Crippen LogP contribution < -0.4 is 0 Å². The van der Waals surface area contributed by atoms with Crippen molar-refractivity contribution in [1.82, 2.24) is 9.88 Å². The van der Waals surface area contributed by atoms with E-state index in [0.717, 1.165) is 24.9 Å². The molecule has 2 aromatic rings. The van der Waals surface area contributed by atoms with E-state index < -0.39 is 12.0 Å². The smallest absolute Gasteiger partial charge is 0.320 e. The van der Waals surface area contributed by atoms with Crippen molar-refractivity contribution in [2.75, 3.05) is 6.54 Å². The van der Waals surface area contributed by atoms with E-state index in [2.05, 4.69) is 28.3 Å². The molecule has 1 fully saturated rings. The number of hydrogen-bond acceptors (Lipinski definition) is 4. The first-order valence-corrected chi connectivity index (χ1v) is 7.99. The third-order valence-electron chi connectivity index (χ3n) is 4.06. The van der Waals surface area contributed by atoms with Gasteiger partial charge in [0.05, 0.1) is 6.04 Å². The highest BCUT2D eigenvalue weighted by atomic mass is 32.1. The maximum absolute atomic E-state index is 11.5. The van der Waals surface area contributed by atoms with Gasteiger partial charge in [-0.3, -0.25) is 14.7 Å². The van der Waals surface area contributed by atoms with Crippen LogP contribution in [0.15, 0.2) is 36.0 Å². The molecule has 0 saturated carbocycles.